The Hall–Kier alpha value is -4.23. The topological polar surface area (TPSA) is 102 Å². The third kappa shape index (κ3) is 16.4. The molecule has 50 heavy (non-hydrogen) atoms. The molecule has 0 aromatic heterocycles. The van der Waals surface area contributed by atoms with Gasteiger partial charge >= 0.3 is 11.9 Å². The maximum Gasteiger partial charge on any atom is 0.344 e. The monoisotopic (exact) mass is 734 g/mol. The van der Waals surface area contributed by atoms with Crippen LogP contribution in [-0.4, -0.2) is 59.9 Å². The van der Waals surface area contributed by atoms with Crippen molar-refractivity contribution in [1.29, 1.82) is 0 Å². The van der Waals surface area contributed by atoms with Crippen molar-refractivity contribution in [3.63, 3.8) is 0 Å². The normalized spacial score (nSPS) is 11.8. The summed E-state index contributed by atoms with van der Waals surface area (Å²) in [5.41, 5.74) is 4.14. The summed E-state index contributed by atoms with van der Waals surface area (Å²) >= 11 is 13.0. The maximum atomic E-state index is 11.4. The van der Waals surface area contributed by atoms with Gasteiger partial charge < -0.3 is 24.4 Å². The number of rotatable bonds is 16. The lowest BCUT2D eigenvalue weighted by Gasteiger charge is -2.15. The lowest BCUT2D eigenvalue weighted by atomic mass is 10.2. The standard InChI is InChI=1S/C20H19ClO4.C20H21ClO3S/c2*1-15-4-10-18(11-5-15)25-19(20(22)23)12-14-24-13-2-3-16-6-8-17(21)9-7-16/h4-11,19H,12-14H2,1H3,(H,22,23);2-11,19H,12-14H2,1H3,(H,22,23). The molecule has 4 aromatic carbocycles. The molecule has 0 fully saturated rings. The number of halogens is 2. The van der Waals surface area contributed by atoms with E-state index in [1.54, 1.807) is 24.3 Å². The number of thioether (sulfide) groups is 1. The molecule has 0 saturated carbocycles. The molecule has 0 heterocycles. The number of carbonyl (C=O) groups is 2. The quantitative estimate of drug-likeness (QED) is 0.0668. The van der Waals surface area contributed by atoms with E-state index in [0.717, 1.165) is 27.1 Å². The number of benzene rings is 4. The number of aryl methyl sites for hydroxylation is 2. The van der Waals surface area contributed by atoms with Crippen molar-refractivity contribution < 1.29 is 34.0 Å². The second-order valence-electron chi connectivity index (χ2n) is 11.0. The minimum absolute atomic E-state index is 0.222. The Balaban J connectivity index is 0.000000270. The molecule has 10 heteroatoms. The number of carboxylic acids is 2. The molecule has 2 N–H and O–H groups in total. The fourth-order valence-electron chi connectivity index (χ4n) is 4.11. The molecule has 0 amide bonds. The van der Waals surface area contributed by atoms with Crippen molar-refractivity contribution in [3.05, 3.63) is 135 Å². The summed E-state index contributed by atoms with van der Waals surface area (Å²) in [4.78, 5) is 23.6. The molecule has 0 saturated heterocycles. The fourth-order valence-corrected chi connectivity index (χ4v) is 5.30. The number of hydrogen-bond donors (Lipinski definition) is 2. The average molecular weight is 736 g/mol. The summed E-state index contributed by atoms with van der Waals surface area (Å²) in [6.07, 6.45) is 3.61. The highest BCUT2D eigenvalue weighted by Gasteiger charge is 2.19. The van der Waals surface area contributed by atoms with Crippen LogP contribution in [0.25, 0.3) is 6.08 Å². The molecule has 0 aliphatic rings. The van der Waals surface area contributed by atoms with Gasteiger partial charge in [0.25, 0.3) is 0 Å². The summed E-state index contributed by atoms with van der Waals surface area (Å²) in [7, 11) is 0. The Labute approximate surface area is 308 Å². The summed E-state index contributed by atoms with van der Waals surface area (Å²) in [5.74, 6) is 4.52. The van der Waals surface area contributed by atoms with E-state index in [0.29, 0.717) is 35.4 Å². The summed E-state index contributed by atoms with van der Waals surface area (Å²) in [6, 6.07) is 29.8. The molecule has 0 spiro atoms. The molecular weight excluding hydrogens is 695 g/mol. The second-order valence-corrected chi connectivity index (χ2v) is 13.1. The molecule has 262 valence electrons. The number of carboxylic acid groups (broad SMARTS) is 2. The lowest BCUT2D eigenvalue weighted by molar-refractivity contribution is -0.146. The van der Waals surface area contributed by atoms with Crippen molar-refractivity contribution in [3.8, 4) is 17.6 Å². The van der Waals surface area contributed by atoms with Crippen molar-refractivity contribution >= 4 is 53.0 Å². The van der Waals surface area contributed by atoms with E-state index in [-0.39, 0.29) is 19.6 Å². The first-order chi connectivity index (χ1) is 24.1. The van der Waals surface area contributed by atoms with Gasteiger partial charge in [-0.1, -0.05) is 94.7 Å². The Morgan fingerprint density at radius 3 is 1.94 bits per heavy atom. The number of hydrogen-bond acceptors (Lipinski definition) is 6. The van der Waals surface area contributed by atoms with E-state index in [4.69, 9.17) is 37.4 Å². The van der Waals surface area contributed by atoms with E-state index in [1.807, 2.05) is 98.8 Å². The maximum absolute atomic E-state index is 11.4. The molecule has 0 aliphatic carbocycles. The van der Waals surface area contributed by atoms with Gasteiger partial charge in [0, 0.05) is 33.5 Å². The van der Waals surface area contributed by atoms with Gasteiger partial charge in [-0.3, -0.25) is 4.79 Å². The van der Waals surface area contributed by atoms with Gasteiger partial charge in [-0.15, -0.1) is 11.8 Å². The molecular formula is C40H40Cl2O7S. The minimum Gasteiger partial charge on any atom is -0.480 e. The van der Waals surface area contributed by atoms with Gasteiger partial charge in [0.05, 0.1) is 13.2 Å². The van der Waals surface area contributed by atoms with E-state index < -0.39 is 23.3 Å². The van der Waals surface area contributed by atoms with Crippen LogP contribution in [0.3, 0.4) is 0 Å². The highest BCUT2D eigenvalue weighted by Crippen LogP contribution is 2.26. The zero-order valence-electron chi connectivity index (χ0n) is 27.9. The molecule has 4 rings (SSSR count). The minimum atomic E-state index is -1.02. The van der Waals surface area contributed by atoms with Crippen LogP contribution in [0.4, 0.5) is 0 Å². The van der Waals surface area contributed by atoms with Gasteiger partial charge in [-0.25, -0.2) is 4.79 Å². The van der Waals surface area contributed by atoms with Crippen molar-refractivity contribution in [2.75, 3.05) is 26.4 Å². The zero-order chi connectivity index (χ0) is 36.1. The van der Waals surface area contributed by atoms with E-state index in [1.165, 1.54) is 11.8 Å². The van der Waals surface area contributed by atoms with E-state index in [9.17, 15) is 19.8 Å². The highest BCUT2D eigenvalue weighted by molar-refractivity contribution is 8.00. The first kappa shape index (κ1) is 40.2. The second kappa shape index (κ2) is 22.5. The average Bonchev–Trinajstić information content (AvgIpc) is 3.10. The molecule has 0 aliphatic heterocycles. The molecule has 2 unspecified atom stereocenters. The van der Waals surface area contributed by atoms with Gasteiger partial charge in [-0.2, -0.15) is 0 Å². The van der Waals surface area contributed by atoms with Crippen LogP contribution in [0.1, 0.15) is 35.1 Å². The van der Waals surface area contributed by atoms with Crippen molar-refractivity contribution in [2.24, 2.45) is 0 Å². The van der Waals surface area contributed by atoms with Crippen molar-refractivity contribution in [1.82, 2.24) is 0 Å². The smallest absolute Gasteiger partial charge is 0.344 e. The van der Waals surface area contributed by atoms with Crippen LogP contribution in [0.2, 0.25) is 10.0 Å². The Morgan fingerprint density at radius 1 is 0.760 bits per heavy atom. The predicted octanol–water partition coefficient (Wildman–Crippen LogP) is 9.25. The Bertz CT molecular complexity index is 1700. The first-order valence-corrected chi connectivity index (χ1v) is 17.5. The number of aliphatic carboxylic acids is 2. The van der Waals surface area contributed by atoms with Gasteiger partial charge in [-0.05, 0) is 86.5 Å². The SMILES string of the molecule is Cc1ccc(OC(CCOCC#Cc2ccc(Cl)cc2)C(=O)O)cc1.Cc1ccc(SC(CCOCC=Cc2ccc(Cl)cc2)C(=O)O)cc1. The van der Waals surface area contributed by atoms with Crippen LogP contribution in [0, 0.1) is 25.7 Å². The summed E-state index contributed by atoms with van der Waals surface area (Å²) in [6.45, 7) is 5.29. The van der Waals surface area contributed by atoms with Crippen molar-refractivity contribution in [2.45, 2.75) is 42.9 Å². The first-order valence-electron chi connectivity index (χ1n) is 15.8. The van der Waals surface area contributed by atoms with Crippen LogP contribution in [0.5, 0.6) is 5.75 Å². The Kier molecular flexibility index (Phi) is 18.1. The van der Waals surface area contributed by atoms with Gasteiger partial charge in [0.1, 0.15) is 17.6 Å². The molecule has 2 atom stereocenters. The third-order valence-electron chi connectivity index (χ3n) is 6.84. The molecule has 4 aromatic rings. The van der Waals surface area contributed by atoms with Crippen LogP contribution in [0.15, 0.2) is 108 Å². The Morgan fingerprint density at radius 2 is 1.34 bits per heavy atom. The van der Waals surface area contributed by atoms with Gasteiger partial charge in [0.15, 0.2) is 6.10 Å². The summed E-state index contributed by atoms with van der Waals surface area (Å²) in [5, 5.41) is 19.5. The largest absolute Gasteiger partial charge is 0.480 e. The molecule has 0 bridgehead atoms. The van der Waals surface area contributed by atoms with Crippen LogP contribution >= 0.6 is 35.0 Å². The van der Waals surface area contributed by atoms with Crippen LogP contribution < -0.4 is 4.74 Å². The van der Waals surface area contributed by atoms with Crippen LogP contribution in [-0.2, 0) is 19.1 Å². The lowest BCUT2D eigenvalue weighted by Crippen LogP contribution is -2.28. The van der Waals surface area contributed by atoms with Gasteiger partial charge in [0.2, 0.25) is 0 Å². The van der Waals surface area contributed by atoms with E-state index in [2.05, 4.69) is 11.8 Å². The fraction of sp³-hybridized carbons (Fsp3) is 0.250. The van der Waals surface area contributed by atoms with E-state index >= 15 is 0 Å². The predicted molar refractivity (Wildman–Crippen MR) is 201 cm³/mol. The molecule has 0 radical (unpaired) electrons. The third-order valence-corrected chi connectivity index (χ3v) is 8.61. The molecule has 7 nitrogen and oxygen atoms in total. The number of ether oxygens (including phenoxy) is 3. The zero-order valence-corrected chi connectivity index (χ0v) is 30.2. The summed E-state index contributed by atoms with van der Waals surface area (Å²) < 4.78 is 16.4. The highest BCUT2D eigenvalue weighted by atomic mass is 35.5.